The van der Waals surface area contributed by atoms with E-state index in [-0.39, 0.29) is 0 Å². The summed E-state index contributed by atoms with van der Waals surface area (Å²) in [6.45, 7) is 12.9. The predicted octanol–water partition coefficient (Wildman–Crippen LogP) is 4.39. The van der Waals surface area contributed by atoms with Gasteiger partial charge < -0.3 is 9.47 Å². The van der Waals surface area contributed by atoms with Gasteiger partial charge >= 0.3 is 0 Å². The molecule has 0 spiro atoms. The second-order valence-corrected chi connectivity index (χ2v) is 6.32. The molecule has 23 heavy (non-hydrogen) atoms. The molecule has 3 rings (SSSR count). The first-order valence-electron chi connectivity index (χ1n) is 8.20. The number of rotatable bonds is 4. The Morgan fingerprint density at radius 2 is 1.87 bits per heavy atom. The summed E-state index contributed by atoms with van der Waals surface area (Å²) in [7, 11) is 1.82. The van der Waals surface area contributed by atoms with Gasteiger partial charge in [0, 0.05) is 60.2 Å². The summed E-state index contributed by atoms with van der Waals surface area (Å²) < 4.78 is 2.32. The van der Waals surface area contributed by atoms with E-state index in [1.165, 1.54) is 40.3 Å². The molecule has 0 bridgehead atoms. The van der Waals surface area contributed by atoms with E-state index >= 15 is 0 Å². The maximum absolute atomic E-state index is 4.24. The van der Waals surface area contributed by atoms with Crippen LogP contribution in [0.2, 0.25) is 0 Å². The fourth-order valence-corrected chi connectivity index (χ4v) is 3.48. The van der Waals surface area contributed by atoms with Crippen LogP contribution >= 0.6 is 0 Å². The summed E-state index contributed by atoms with van der Waals surface area (Å²) in [4.78, 5) is 6.66. The van der Waals surface area contributed by atoms with Crippen molar-refractivity contribution in [3.8, 4) is 5.69 Å². The van der Waals surface area contributed by atoms with Crippen LogP contribution in [0.3, 0.4) is 0 Å². The zero-order valence-corrected chi connectivity index (χ0v) is 14.6. The third kappa shape index (κ3) is 2.61. The van der Waals surface area contributed by atoms with E-state index in [4.69, 9.17) is 0 Å². The van der Waals surface area contributed by atoms with Gasteiger partial charge in [0.25, 0.3) is 0 Å². The van der Waals surface area contributed by atoms with E-state index < -0.39 is 0 Å². The summed E-state index contributed by atoms with van der Waals surface area (Å²) in [5.74, 6) is 0. The predicted molar refractivity (Wildman–Crippen MR) is 100 cm³/mol. The van der Waals surface area contributed by atoms with Crippen molar-refractivity contribution in [1.29, 1.82) is 0 Å². The largest absolute Gasteiger partial charge is 0.371 e. The fourth-order valence-electron chi connectivity index (χ4n) is 3.48. The van der Waals surface area contributed by atoms with Crippen molar-refractivity contribution in [1.82, 2.24) is 4.57 Å². The lowest BCUT2D eigenvalue weighted by molar-refractivity contribution is 0.617. The molecule has 1 aromatic carbocycles. The lowest BCUT2D eigenvalue weighted by Gasteiger charge is -2.33. The Morgan fingerprint density at radius 3 is 2.43 bits per heavy atom. The molecule has 1 saturated heterocycles. The molecule has 2 aromatic rings. The molecule has 1 aliphatic rings. The quantitative estimate of drug-likeness (QED) is 0.767. The maximum Gasteiger partial charge on any atom is 0.0476 e. The van der Waals surface area contributed by atoms with E-state index in [0.29, 0.717) is 0 Å². The van der Waals surface area contributed by atoms with Gasteiger partial charge in [-0.1, -0.05) is 12.6 Å². The zero-order valence-electron chi connectivity index (χ0n) is 14.6. The van der Waals surface area contributed by atoms with E-state index in [0.717, 1.165) is 18.7 Å². The van der Waals surface area contributed by atoms with Crippen molar-refractivity contribution >= 4 is 17.5 Å². The van der Waals surface area contributed by atoms with Gasteiger partial charge in [0.15, 0.2) is 0 Å². The Bertz CT molecular complexity index is 776. The van der Waals surface area contributed by atoms with Crippen LogP contribution in [0.5, 0.6) is 0 Å². The number of aliphatic imine (C=N–C) groups is 1. The third-order valence-corrected chi connectivity index (χ3v) is 4.69. The first-order valence-corrected chi connectivity index (χ1v) is 8.20. The SMILES string of the molecule is C=C(C)c1c(C=NC)c(C)n(-c2cccc(N3CCC3)c2)c1C. The highest BCUT2D eigenvalue weighted by Gasteiger charge is 2.19. The Hall–Kier alpha value is -2.29. The molecule has 1 aliphatic heterocycles. The van der Waals surface area contributed by atoms with Crippen molar-refractivity contribution < 1.29 is 0 Å². The van der Waals surface area contributed by atoms with Gasteiger partial charge in [-0.05, 0) is 51.0 Å². The average molecular weight is 307 g/mol. The molecule has 0 aliphatic carbocycles. The van der Waals surface area contributed by atoms with E-state index in [9.17, 15) is 0 Å². The van der Waals surface area contributed by atoms with Crippen LogP contribution in [0.25, 0.3) is 11.3 Å². The highest BCUT2D eigenvalue weighted by molar-refractivity contribution is 5.91. The van der Waals surface area contributed by atoms with Crippen molar-refractivity contribution in [3.63, 3.8) is 0 Å². The first kappa shape index (κ1) is 15.6. The van der Waals surface area contributed by atoms with Crippen LogP contribution in [0.15, 0.2) is 35.8 Å². The van der Waals surface area contributed by atoms with Gasteiger partial charge in [-0.25, -0.2) is 0 Å². The molecule has 0 unspecified atom stereocenters. The van der Waals surface area contributed by atoms with Gasteiger partial charge in [-0.3, -0.25) is 4.99 Å². The summed E-state index contributed by atoms with van der Waals surface area (Å²) in [6, 6.07) is 8.81. The standard InChI is InChI=1S/C20H25N3/c1-14(2)20-16(4)23(15(3)19(20)13-21-5)18-9-6-8-17(12-18)22-10-7-11-22/h6,8-9,12-13H,1,7,10-11H2,2-5H3. The Labute approximate surface area is 139 Å². The number of anilines is 1. The van der Waals surface area contributed by atoms with E-state index in [2.05, 4.69) is 66.1 Å². The van der Waals surface area contributed by atoms with E-state index in [1.807, 2.05) is 13.3 Å². The summed E-state index contributed by atoms with van der Waals surface area (Å²) in [6.07, 6.45) is 3.24. The molecule has 2 heterocycles. The highest BCUT2D eigenvalue weighted by Crippen LogP contribution is 2.31. The first-order chi connectivity index (χ1) is 11.0. The van der Waals surface area contributed by atoms with Crippen molar-refractivity contribution in [2.75, 3.05) is 25.0 Å². The van der Waals surface area contributed by atoms with Gasteiger partial charge in [-0.2, -0.15) is 0 Å². The summed E-state index contributed by atoms with van der Waals surface area (Å²) in [5, 5.41) is 0. The molecule has 3 nitrogen and oxygen atoms in total. The lowest BCUT2D eigenvalue weighted by Crippen LogP contribution is -2.36. The van der Waals surface area contributed by atoms with Crippen LogP contribution in [0, 0.1) is 13.8 Å². The third-order valence-electron chi connectivity index (χ3n) is 4.69. The Balaban J connectivity index is 2.16. The molecular weight excluding hydrogens is 282 g/mol. The van der Waals surface area contributed by atoms with Crippen LogP contribution in [-0.2, 0) is 0 Å². The van der Waals surface area contributed by atoms with Gasteiger partial charge in [0.1, 0.15) is 0 Å². The number of allylic oxidation sites excluding steroid dienone is 1. The molecule has 1 fully saturated rings. The minimum Gasteiger partial charge on any atom is -0.371 e. The summed E-state index contributed by atoms with van der Waals surface area (Å²) in [5.41, 5.74) is 8.43. The Kier molecular flexibility index (Phi) is 4.12. The average Bonchev–Trinajstić information content (AvgIpc) is 2.69. The molecule has 0 amide bonds. The lowest BCUT2D eigenvalue weighted by atomic mass is 10.0. The minimum atomic E-state index is 1.08. The summed E-state index contributed by atoms with van der Waals surface area (Å²) >= 11 is 0. The van der Waals surface area contributed by atoms with Gasteiger partial charge in [0.2, 0.25) is 0 Å². The molecule has 0 N–H and O–H groups in total. The molecule has 120 valence electrons. The number of hydrogen-bond donors (Lipinski definition) is 0. The number of hydrogen-bond acceptors (Lipinski definition) is 2. The second-order valence-electron chi connectivity index (χ2n) is 6.32. The fraction of sp³-hybridized carbons (Fsp3) is 0.350. The topological polar surface area (TPSA) is 20.5 Å². The number of nitrogens with zero attached hydrogens (tertiary/aromatic N) is 3. The van der Waals surface area contributed by atoms with Crippen molar-refractivity contribution in [2.24, 2.45) is 4.99 Å². The molecule has 0 saturated carbocycles. The molecule has 0 atom stereocenters. The second kappa shape index (κ2) is 6.07. The number of aromatic nitrogens is 1. The normalized spacial score (nSPS) is 14.3. The van der Waals surface area contributed by atoms with Crippen LogP contribution < -0.4 is 4.90 Å². The van der Waals surface area contributed by atoms with E-state index in [1.54, 1.807) is 0 Å². The van der Waals surface area contributed by atoms with Crippen LogP contribution in [0.4, 0.5) is 5.69 Å². The zero-order chi connectivity index (χ0) is 16.6. The van der Waals surface area contributed by atoms with Gasteiger partial charge in [-0.15, -0.1) is 0 Å². The van der Waals surface area contributed by atoms with Crippen LogP contribution in [0.1, 0.15) is 35.9 Å². The maximum atomic E-state index is 4.24. The van der Waals surface area contributed by atoms with Crippen molar-refractivity contribution in [3.05, 3.63) is 53.4 Å². The molecule has 3 heteroatoms. The minimum absolute atomic E-state index is 1.08. The highest BCUT2D eigenvalue weighted by atomic mass is 15.2. The monoisotopic (exact) mass is 307 g/mol. The smallest absolute Gasteiger partial charge is 0.0476 e. The van der Waals surface area contributed by atoms with Gasteiger partial charge in [0.05, 0.1) is 0 Å². The van der Waals surface area contributed by atoms with Crippen LogP contribution in [-0.4, -0.2) is 30.9 Å². The molecular formula is C20H25N3. The Morgan fingerprint density at radius 1 is 1.17 bits per heavy atom. The van der Waals surface area contributed by atoms with Crippen molar-refractivity contribution in [2.45, 2.75) is 27.2 Å². The molecule has 0 radical (unpaired) electrons. The number of benzene rings is 1. The molecule has 1 aromatic heterocycles.